The predicted octanol–water partition coefficient (Wildman–Crippen LogP) is 0.734. The highest BCUT2D eigenvalue weighted by Gasteiger charge is 2.06. The summed E-state index contributed by atoms with van der Waals surface area (Å²) >= 11 is 0. The number of aliphatic hydroxyl groups excluding tert-OH is 1. The fraction of sp³-hybridized carbons (Fsp3) is 0.917. The quantitative estimate of drug-likeness (QED) is 0.435. The second-order valence-electron chi connectivity index (χ2n) is 4.27. The normalized spacial score (nSPS) is 17.3. The van der Waals surface area contributed by atoms with Crippen molar-refractivity contribution >= 4 is 5.96 Å². The van der Waals surface area contributed by atoms with Crippen molar-refractivity contribution in [3.63, 3.8) is 0 Å². The minimum atomic E-state index is 0.0806. The Kier molecular flexibility index (Phi) is 11.1. The van der Waals surface area contributed by atoms with E-state index in [1.54, 1.807) is 6.92 Å². The van der Waals surface area contributed by atoms with Crippen molar-refractivity contribution in [2.75, 3.05) is 32.8 Å². The average Bonchev–Trinajstić information content (AvgIpc) is 2.21. The topological polar surface area (TPSA) is 85.4 Å². The highest BCUT2D eigenvalue weighted by atomic mass is 16.2. The summed E-state index contributed by atoms with van der Waals surface area (Å²) in [7, 11) is 0. The van der Waals surface area contributed by atoms with Crippen molar-refractivity contribution in [1.82, 2.24) is 10.2 Å². The first-order valence-electron chi connectivity index (χ1n) is 6.61. The van der Waals surface area contributed by atoms with Crippen LogP contribution in [0.25, 0.3) is 0 Å². The van der Waals surface area contributed by atoms with Crippen molar-refractivity contribution in [3.8, 4) is 0 Å². The van der Waals surface area contributed by atoms with Crippen LogP contribution in [-0.4, -0.2) is 48.8 Å². The van der Waals surface area contributed by atoms with Crippen LogP contribution < -0.4 is 11.1 Å². The van der Waals surface area contributed by atoms with Gasteiger partial charge in [0.1, 0.15) is 0 Å². The highest BCUT2D eigenvalue weighted by Crippen LogP contribution is 2.09. The molecule has 0 atom stereocenters. The summed E-state index contributed by atoms with van der Waals surface area (Å²) in [5.41, 5.74) is 5.22. The lowest BCUT2D eigenvalue weighted by Crippen LogP contribution is -2.38. The maximum absolute atomic E-state index is 7.57. The van der Waals surface area contributed by atoms with Crippen molar-refractivity contribution in [1.29, 1.82) is 5.41 Å². The minimum Gasteiger partial charge on any atom is -0.397 e. The van der Waals surface area contributed by atoms with Crippen LogP contribution in [0.4, 0.5) is 0 Å². The first-order valence-corrected chi connectivity index (χ1v) is 6.61. The van der Waals surface area contributed by atoms with Gasteiger partial charge in [-0.1, -0.05) is 19.3 Å². The molecule has 5 heteroatoms. The van der Waals surface area contributed by atoms with Crippen molar-refractivity contribution in [3.05, 3.63) is 0 Å². The van der Waals surface area contributed by atoms with Gasteiger partial charge >= 0.3 is 0 Å². The number of hydrogen-bond donors (Lipinski definition) is 4. The number of nitrogens with one attached hydrogen (secondary N) is 2. The molecule has 1 fully saturated rings. The molecule has 1 heterocycles. The zero-order chi connectivity index (χ0) is 12.9. The Morgan fingerprint density at radius 3 is 2.18 bits per heavy atom. The number of likely N-dealkylation sites (tertiary alicyclic amines) is 1. The summed E-state index contributed by atoms with van der Waals surface area (Å²) in [5, 5.41) is 17.5. The molecule has 17 heavy (non-hydrogen) atoms. The van der Waals surface area contributed by atoms with Crippen LogP contribution in [0, 0.1) is 5.41 Å². The van der Waals surface area contributed by atoms with E-state index in [0.29, 0.717) is 0 Å². The fourth-order valence-corrected chi connectivity index (χ4v) is 1.89. The molecule has 0 aromatic heterocycles. The van der Waals surface area contributed by atoms with Crippen molar-refractivity contribution < 1.29 is 5.11 Å². The number of guanidine groups is 1. The first kappa shape index (κ1) is 16.2. The van der Waals surface area contributed by atoms with Gasteiger partial charge in [0.2, 0.25) is 0 Å². The Morgan fingerprint density at radius 2 is 1.71 bits per heavy atom. The van der Waals surface area contributed by atoms with Crippen molar-refractivity contribution in [2.45, 2.75) is 39.0 Å². The van der Waals surface area contributed by atoms with Crippen LogP contribution in [0.15, 0.2) is 0 Å². The lowest BCUT2D eigenvalue weighted by atomic mass is 10.1. The van der Waals surface area contributed by atoms with Crippen LogP contribution in [0.1, 0.15) is 39.0 Å². The van der Waals surface area contributed by atoms with E-state index in [1.165, 1.54) is 45.2 Å². The molecule has 1 rings (SSSR count). The molecule has 0 radical (unpaired) electrons. The zero-order valence-electron chi connectivity index (χ0n) is 11.0. The van der Waals surface area contributed by atoms with E-state index in [-0.39, 0.29) is 12.6 Å². The van der Waals surface area contributed by atoms with E-state index in [4.69, 9.17) is 16.2 Å². The zero-order valence-corrected chi connectivity index (χ0v) is 11.0. The number of aliphatic hydroxyl groups is 1. The number of nitrogens with zero attached hydrogens (tertiary/aromatic N) is 1. The van der Waals surface area contributed by atoms with Crippen LogP contribution in [0.5, 0.6) is 0 Å². The Bertz CT molecular complexity index is 179. The second kappa shape index (κ2) is 11.7. The van der Waals surface area contributed by atoms with Gasteiger partial charge in [0, 0.05) is 19.7 Å². The van der Waals surface area contributed by atoms with Gasteiger partial charge in [0.15, 0.2) is 5.96 Å². The van der Waals surface area contributed by atoms with Crippen LogP contribution in [-0.2, 0) is 0 Å². The summed E-state index contributed by atoms with van der Waals surface area (Å²) < 4.78 is 0. The van der Waals surface area contributed by atoms with Gasteiger partial charge < -0.3 is 21.1 Å². The molecule has 102 valence electrons. The minimum absolute atomic E-state index is 0.0806. The predicted molar refractivity (Wildman–Crippen MR) is 72.2 cm³/mol. The largest absolute Gasteiger partial charge is 0.397 e. The van der Waals surface area contributed by atoms with E-state index in [0.717, 1.165) is 13.1 Å². The maximum Gasteiger partial charge on any atom is 0.185 e. The molecule has 0 aromatic rings. The Hall–Kier alpha value is -0.810. The molecule has 0 aromatic carbocycles. The SMILES string of the molecule is CCO.N=C(N)NCCN1CCCCCCC1. The number of hydrogen-bond acceptors (Lipinski definition) is 3. The Labute approximate surface area is 105 Å². The van der Waals surface area contributed by atoms with Gasteiger partial charge in [-0.3, -0.25) is 5.41 Å². The molecule has 0 unspecified atom stereocenters. The summed E-state index contributed by atoms with van der Waals surface area (Å²) in [6.07, 6.45) is 6.78. The van der Waals surface area contributed by atoms with Gasteiger partial charge in [-0.25, -0.2) is 0 Å². The third-order valence-electron chi connectivity index (χ3n) is 2.69. The Morgan fingerprint density at radius 1 is 1.24 bits per heavy atom. The van der Waals surface area contributed by atoms with Gasteiger partial charge in [-0.05, 0) is 32.9 Å². The lowest BCUT2D eigenvalue weighted by Gasteiger charge is -2.24. The molecule has 5 N–H and O–H groups in total. The lowest BCUT2D eigenvalue weighted by molar-refractivity contribution is 0.251. The van der Waals surface area contributed by atoms with Gasteiger partial charge in [-0.2, -0.15) is 0 Å². The molecule has 0 spiro atoms. The highest BCUT2D eigenvalue weighted by molar-refractivity contribution is 5.74. The standard InChI is InChI=1S/C10H22N4.C2H6O/c11-10(12)13-6-9-14-7-4-2-1-3-5-8-14;1-2-3/h1-9H2,(H4,11,12,13);3H,2H2,1H3. The molecular weight excluding hydrogens is 216 g/mol. The van der Waals surface area contributed by atoms with E-state index in [9.17, 15) is 0 Å². The van der Waals surface area contributed by atoms with E-state index >= 15 is 0 Å². The van der Waals surface area contributed by atoms with Crippen LogP contribution in [0.2, 0.25) is 0 Å². The number of rotatable bonds is 3. The monoisotopic (exact) mass is 244 g/mol. The van der Waals surface area contributed by atoms with Gasteiger partial charge in [0.25, 0.3) is 0 Å². The average molecular weight is 244 g/mol. The fourth-order valence-electron chi connectivity index (χ4n) is 1.89. The molecule has 0 amide bonds. The molecule has 1 aliphatic heterocycles. The number of nitrogens with two attached hydrogens (primary N) is 1. The second-order valence-corrected chi connectivity index (χ2v) is 4.27. The summed E-state index contributed by atoms with van der Waals surface area (Å²) in [6, 6.07) is 0. The van der Waals surface area contributed by atoms with E-state index in [2.05, 4.69) is 10.2 Å². The van der Waals surface area contributed by atoms with Gasteiger partial charge in [0.05, 0.1) is 0 Å². The molecule has 1 aliphatic rings. The summed E-state index contributed by atoms with van der Waals surface area (Å²) in [5.74, 6) is 0.0806. The molecule has 0 saturated carbocycles. The van der Waals surface area contributed by atoms with Crippen LogP contribution in [0.3, 0.4) is 0 Å². The molecule has 0 bridgehead atoms. The van der Waals surface area contributed by atoms with E-state index < -0.39 is 0 Å². The molecule has 5 nitrogen and oxygen atoms in total. The summed E-state index contributed by atoms with van der Waals surface area (Å²) in [4.78, 5) is 2.47. The third kappa shape index (κ3) is 11.5. The summed E-state index contributed by atoms with van der Waals surface area (Å²) in [6.45, 7) is 6.16. The third-order valence-corrected chi connectivity index (χ3v) is 2.69. The molecule has 1 saturated heterocycles. The van der Waals surface area contributed by atoms with E-state index in [1.807, 2.05) is 0 Å². The van der Waals surface area contributed by atoms with Crippen LogP contribution >= 0.6 is 0 Å². The Balaban J connectivity index is 0.000000770. The van der Waals surface area contributed by atoms with Crippen molar-refractivity contribution in [2.24, 2.45) is 5.73 Å². The molecule has 0 aliphatic carbocycles. The first-order chi connectivity index (χ1) is 8.20. The maximum atomic E-state index is 7.57. The van der Waals surface area contributed by atoms with Gasteiger partial charge in [-0.15, -0.1) is 0 Å². The smallest absolute Gasteiger partial charge is 0.185 e. The molecular formula is C12H28N4O.